The van der Waals surface area contributed by atoms with E-state index in [1.807, 2.05) is 12.1 Å². The highest BCUT2D eigenvalue weighted by Gasteiger charge is 2.26. The first-order chi connectivity index (χ1) is 15.4. The van der Waals surface area contributed by atoms with Crippen LogP contribution in [0.15, 0.2) is 70.1 Å². The number of hydrogen-bond donors (Lipinski definition) is 1. The molecule has 1 atom stereocenters. The van der Waals surface area contributed by atoms with Gasteiger partial charge in [-0.05, 0) is 37.1 Å². The highest BCUT2D eigenvalue weighted by Crippen LogP contribution is 2.33. The van der Waals surface area contributed by atoms with E-state index in [1.165, 1.54) is 42.2 Å². The molecule has 0 saturated heterocycles. The average molecular weight is 435 g/mol. The van der Waals surface area contributed by atoms with Gasteiger partial charge in [0.2, 0.25) is 11.2 Å². The summed E-state index contributed by atoms with van der Waals surface area (Å²) in [5.41, 5.74) is 2.32. The van der Waals surface area contributed by atoms with Crippen LogP contribution in [0.25, 0.3) is 0 Å². The van der Waals surface area contributed by atoms with Crippen molar-refractivity contribution in [2.75, 3.05) is 16.8 Å². The molecular formula is C23H21N3O6. The van der Waals surface area contributed by atoms with Crippen LogP contribution in [-0.2, 0) is 17.8 Å². The number of rotatable bonds is 7. The molecule has 2 aromatic carbocycles. The zero-order valence-corrected chi connectivity index (χ0v) is 17.3. The number of benzene rings is 2. The zero-order chi connectivity index (χ0) is 22.7. The second-order valence-electron chi connectivity index (χ2n) is 7.53. The Kier molecular flexibility index (Phi) is 5.89. The first-order valence-electron chi connectivity index (χ1n) is 10.0. The van der Waals surface area contributed by atoms with Crippen LogP contribution in [0, 0.1) is 10.1 Å². The first-order valence-corrected chi connectivity index (χ1v) is 10.0. The van der Waals surface area contributed by atoms with Gasteiger partial charge in [-0.25, -0.2) is 0 Å². The van der Waals surface area contributed by atoms with Gasteiger partial charge in [-0.15, -0.1) is 0 Å². The number of anilines is 2. The van der Waals surface area contributed by atoms with Gasteiger partial charge in [0, 0.05) is 35.6 Å². The van der Waals surface area contributed by atoms with Crippen LogP contribution in [0.4, 0.5) is 17.1 Å². The Morgan fingerprint density at radius 2 is 2.00 bits per heavy atom. The minimum absolute atomic E-state index is 0.0672. The van der Waals surface area contributed by atoms with Gasteiger partial charge in [-0.1, -0.05) is 18.2 Å². The highest BCUT2D eigenvalue weighted by molar-refractivity contribution is 5.91. The van der Waals surface area contributed by atoms with Gasteiger partial charge in [0.05, 0.1) is 11.5 Å². The van der Waals surface area contributed by atoms with Gasteiger partial charge >= 0.3 is 0 Å². The van der Waals surface area contributed by atoms with E-state index in [1.54, 1.807) is 0 Å². The van der Waals surface area contributed by atoms with Gasteiger partial charge in [0.25, 0.3) is 11.6 Å². The highest BCUT2D eigenvalue weighted by atomic mass is 16.6. The third kappa shape index (κ3) is 4.61. The fourth-order valence-electron chi connectivity index (χ4n) is 3.67. The lowest BCUT2D eigenvalue weighted by atomic mass is 10.1. The molecule has 1 aliphatic rings. The van der Waals surface area contributed by atoms with E-state index in [0.29, 0.717) is 18.0 Å². The number of nitro benzene ring substituents is 1. The molecule has 0 aliphatic carbocycles. The topological polar surface area (TPSA) is 115 Å². The molecule has 0 spiro atoms. The maximum absolute atomic E-state index is 12.4. The summed E-state index contributed by atoms with van der Waals surface area (Å²) in [6.07, 6.45) is 2.15. The predicted molar refractivity (Wildman–Crippen MR) is 118 cm³/mol. The minimum Gasteiger partial charge on any atom is -0.477 e. The van der Waals surface area contributed by atoms with E-state index in [0.717, 1.165) is 12.1 Å². The summed E-state index contributed by atoms with van der Waals surface area (Å²) in [7, 11) is 0. The molecule has 0 saturated carbocycles. The summed E-state index contributed by atoms with van der Waals surface area (Å²) in [4.78, 5) is 36.8. The molecule has 2 heterocycles. The number of ether oxygens (including phenoxy) is 1. The summed E-state index contributed by atoms with van der Waals surface area (Å²) in [6.45, 7) is 2.17. The van der Waals surface area contributed by atoms with Gasteiger partial charge in [0.1, 0.15) is 12.0 Å². The number of non-ortho nitro benzene ring substituents is 1. The van der Waals surface area contributed by atoms with E-state index < -0.39 is 17.4 Å². The van der Waals surface area contributed by atoms with E-state index in [-0.39, 0.29) is 22.9 Å². The Balaban J connectivity index is 1.35. The van der Waals surface area contributed by atoms with Crippen molar-refractivity contribution in [3.8, 4) is 5.75 Å². The molecule has 32 heavy (non-hydrogen) atoms. The van der Waals surface area contributed by atoms with Gasteiger partial charge < -0.3 is 19.4 Å². The maximum Gasteiger partial charge on any atom is 0.269 e. The fraction of sp³-hybridized carbons (Fsp3) is 0.217. The monoisotopic (exact) mass is 435 g/mol. The Morgan fingerprint density at radius 3 is 2.72 bits per heavy atom. The van der Waals surface area contributed by atoms with Crippen LogP contribution in [0.1, 0.15) is 18.2 Å². The van der Waals surface area contributed by atoms with Crippen molar-refractivity contribution >= 4 is 23.0 Å². The number of nitrogens with one attached hydrogen (secondary N) is 1. The summed E-state index contributed by atoms with van der Waals surface area (Å²) in [5.74, 6) is -0.0754. The van der Waals surface area contributed by atoms with E-state index in [4.69, 9.17) is 9.15 Å². The van der Waals surface area contributed by atoms with Crippen molar-refractivity contribution in [2.45, 2.75) is 25.9 Å². The lowest BCUT2D eigenvalue weighted by Crippen LogP contribution is -2.29. The second kappa shape index (κ2) is 8.93. The molecule has 3 aromatic rings. The molecule has 0 radical (unpaired) electrons. The largest absolute Gasteiger partial charge is 0.477 e. The molecule has 4 rings (SSSR count). The van der Waals surface area contributed by atoms with Crippen molar-refractivity contribution < 1.29 is 18.9 Å². The Morgan fingerprint density at radius 1 is 1.25 bits per heavy atom. The SMILES string of the molecule is C[C@H]1Cc2ccccc2N1Cc1cc(=O)c(OCC(=O)Nc2ccc([N+](=O)[O-])cc2)co1. The molecule has 1 N–H and O–H groups in total. The number of amides is 1. The molecule has 1 aliphatic heterocycles. The number of carbonyl (C=O) groups is 1. The van der Waals surface area contributed by atoms with Gasteiger partial charge in [0.15, 0.2) is 6.61 Å². The second-order valence-corrected chi connectivity index (χ2v) is 7.53. The number of nitrogens with zero attached hydrogens (tertiary/aromatic N) is 2. The normalized spacial score (nSPS) is 14.7. The molecule has 0 bridgehead atoms. The maximum atomic E-state index is 12.4. The summed E-state index contributed by atoms with van der Waals surface area (Å²) < 4.78 is 10.9. The van der Waals surface area contributed by atoms with E-state index in [2.05, 4.69) is 29.3 Å². The van der Waals surface area contributed by atoms with Crippen molar-refractivity contribution in [3.05, 3.63) is 92.5 Å². The summed E-state index contributed by atoms with van der Waals surface area (Å²) in [6, 6.07) is 15.2. The van der Waals surface area contributed by atoms with Crippen LogP contribution in [-0.4, -0.2) is 23.5 Å². The lowest BCUT2D eigenvalue weighted by Gasteiger charge is -2.24. The Bertz CT molecular complexity index is 1200. The quantitative estimate of drug-likeness (QED) is 0.446. The Hall–Kier alpha value is -4.14. The van der Waals surface area contributed by atoms with Crippen LogP contribution < -0.4 is 20.4 Å². The number of para-hydroxylation sites is 1. The number of nitro groups is 1. The molecule has 0 fully saturated rings. The Labute approximate surface area is 183 Å². The third-order valence-corrected chi connectivity index (χ3v) is 5.25. The van der Waals surface area contributed by atoms with Crippen molar-refractivity contribution in [3.63, 3.8) is 0 Å². The summed E-state index contributed by atoms with van der Waals surface area (Å²) >= 11 is 0. The first kappa shape index (κ1) is 21.1. The van der Waals surface area contributed by atoms with Crippen molar-refractivity contribution in [1.29, 1.82) is 0 Å². The lowest BCUT2D eigenvalue weighted by molar-refractivity contribution is -0.384. The van der Waals surface area contributed by atoms with Crippen LogP contribution in [0.2, 0.25) is 0 Å². The standard InChI is InChI=1S/C23H21N3O6/c1-15-10-16-4-2-3-5-20(16)25(15)12-19-11-21(27)22(13-31-19)32-14-23(28)24-17-6-8-18(9-7-17)26(29)30/h2-9,11,13,15H,10,12,14H2,1H3,(H,24,28)/t15-/m0/s1. The zero-order valence-electron chi connectivity index (χ0n) is 17.3. The van der Waals surface area contributed by atoms with Crippen LogP contribution in [0.5, 0.6) is 5.75 Å². The average Bonchev–Trinajstić information content (AvgIpc) is 3.08. The molecule has 164 valence electrons. The van der Waals surface area contributed by atoms with Gasteiger partial charge in [-0.2, -0.15) is 0 Å². The molecule has 9 nitrogen and oxygen atoms in total. The number of carbonyl (C=O) groups excluding carboxylic acids is 1. The number of fused-ring (bicyclic) bond motifs is 1. The number of hydrogen-bond acceptors (Lipinski definition) is 7. The smallest absolute Gasteiger partial charge is 0.269 e. The molecule has 0 unspecified atom stereocenters. The van der Waals surface area contributed by atoms with E-state index in [9.17, 15) is 19.7 Å². The predicted octanol–water partition coefficient (Wildman–Crippen LogP) is 3.52. The fourth-order valence-corrected chi connectivity index (χ4v) is 3.67. The summed E-state index contributed by atoms with van der Waals surface area (Å²) in [5, 5.41) is 13.2. The molecule has 1 aromatic heterocycles. The minimum atomic E-state index is -0.527. The van der Waals surface area contributed by atoms with Crippen LogP contribution in [0.3, 0.4) is 0 Å². The van der Waals surface area contributed by atoms with Gasteiger partial charge in [-0.3, -0.25) is 19.7 Å². The van der Waals surface area contributed by atoms with Crippen LogP contribution >= 0.6 is 0 Å². The van der Waals surface area contributed by atoms with E-state index >= 15 is 0 Å². The van der Waals surface area contributed by atoms with Crippen molar-refractivity contribution in [1.82, 2.24) is 0 Å². The molecular weight excluding hydrogens is 414 g/mol. The molecule has 1 amide bonds. The molecule has 9 heteroatoms. The van der Waals surface area contributed by atoms with Crippen molar-refractivity contribution in [2.24, 2.45) is 0 Å². The third-order valence-electron chi connectivity index (χ3n) is 5.25.